The lowest BCUT2D eigenvalue weighted by Crippen LogP contribution is -2.10. The topological polar surface area (TPSA) is 9.23 Å². The van der Waals surface area contributed by atoms with Crippen LogP contribution in [0.4, 0.5) is 22.0 Å². The fourth-order valence-corrected chi connectivity index (χ4v) is 1.30. The Hall–Kier alpha value is -1.85. The van der Waals surface area contributed by atoms with E-state index in [2.05, 4.69) is 6.58 Å². The largest absolute Gasteiger partial charge is 0.493 e. The fourth-order valence-electron chi connectivity index (χ4n) is 1.30. The number of allylic oxidation sites excluding steroid dienone is 2. The maximum absolute atomic E-state index is 13.4. The van der Waals surface area contributed by atoms with E-state index in [0.717, 1.165) is 6.26 Å². The Morgan fingerprint density at radius 1 is 1.00 bits per heavy atom. The second-order valence-corrected chi connectivity index (χ2v) is 3.83. The normalized spacial score (nSPS) is 13.3. The number of benzene rings is 1. The summed E-state index contributed by atoms with van der Waals surface area (Å²) in [4.78, 5) is 0. The molecule has 6 heteroatoms. The van der Waals surface area contributed by atoms with Gasteiger partial charge in [0.2, 0.25) is 5.82 Å². The standard InChI is InChI=1S/C13H11F5O/c1-4-6(2)5-19-7(3)8-9(14)11(16)13(18)12(17)10(8)15/h4-5,7H,1H2,2-3H3/b6-5+/t7-/m0/s1. The van der Waals surface area contributed by atoms with E-state index < -0.39 is 40.8 Å². The first-order chi connectivity index (χ1) is 8.81. The molecule has 104 valence electrons. The predicted molar refractivity (Wildman–Crippen MR) is 59.7 cm³/mol. The summed E-state index contributed by atoms with van der Waals surface area (Å²) in [5.74, 6) is -9.96. The van der Waals surface area contributed by atoms with Gasteiger partial charge >= 0.3 is 0 Å². The van der Waals surface area contributed by atoms with E-state index >= 15 is 0 Å². The van der Waals surface area contributed by atoms with Crippen LogP contribution in [0.15, 0.2) is 24.5 Å². The van der Waals surface area contributed by atoms with Crippen LogP contribution in [0.3, 0.4) is 0 Å². The minimum atomic E-state index is -2.19. The minimum Gasteiger partial charge on any atom is -0.493 e. The van der Waals surface area contributed by atoms with Gasteiger partial charge in [0.25, 0.3) is 0 Å². The molecule has 0 aliphatic rings. The first-order valence-electron chi connectivity index (χ1n) is 5.27. The smallest absolute Gasteiger partial charge is 0.200 e. The number of hydrogen-bond donors (Lipinski definition) is 0. The van der Waals surface area contributed by atoms with Crippen LogP contribution in [-0.2, 0) is 4.74 Å². The van der Waals surface area contributed by atoms with Crippen molar-refractivity contribution in [3.8, 4) is 0 Å². The van der Waals surface area contributed by atoms with Crippen LogP contribution in [0.1, 0.15) is 25.5 Å². The van der Waals surface area contributed by atoms with Gasteiger partial charge in [-0.05, 0) is 19.4 Å². The Balaban J connectivity index is 3.24. The second-order valence-electron chi connectivity index (χ2n) is 3.83. The van der Waals surface area contributed by atoms with Crippen LogP contribution in [0, 0.1) is 29.1 Å². The highest BCUT2D eigenvalue weighted by Gasteiger charge is 2.29. The zero-order chi connectivity index (χ0) is 14.7. The van der Waals surface area contributed by atoms with Gasteiger partial charge < -0.3 is 4.74 Å². The quantitative estimate of drug-likeness (QED) is 0.258. The van der Waals surface area contributed by atoms with Crippen molar-refractivity contribution in [1.82, 2.24) is 0 Å². The molecular formula is C13H11F5O. The number of hydrogen-bond acceptors (Lipinski definition) is 1. The highest BCUT2D eigenvalue weighted by Crippen LogP contribution is 2.29. The molecule has 0 fully saturated rings. The van der Waals surface area contributed by atoms with Crippen molar-refractivity contribution in [2.24, 2.45) is 0 Å². The predicted octanol–water partition coefficient (Wildman–Crippen LogP) is 4.55. The van der Waals surface area contributed by atoms with Crippen molar-refractivity contribution in [1.29, 1.82) is 0 Å². The van der Waals surface area contributed by atoms with Crippen LogP contribution in [0.2, 0.25) is 0 Å². The van der Waals surface area contributed by atoms with Crippen LogP contribution < -0.4 is 0 Å². The lowest BCUT2D eigenvalue weighted by atomic mass is 10.1. The summed E-state index contributed by atoms with van der Waals surface area (Å²) in [5, 5.41) is 0. The van der Waals surface area contributed by atoms with E-state index in [1.165, 1.54) is 13.0 Å². The molecule has 0 aliphatic heterocycles. The minimum absolute atomic E-state index is 0.538. The monoisotopic (exact) mass is 278 g/mol. The first kappa shape index (κ1) is 15.2. The molecule has 0 aromatic heterocycles. The molecule has 0 unspecified atom stereocenters. The zero-order valence-electron chi connectivity index (χ0n) is 10.2. The summed E-state index contributed by atoms with van der Waals surface area (Å²) in [7, 11) is 0. The maximum atomic E-state index is 13.4. The molecule has 1 aromatic carbocycles. The van der Waals surface area contributed by atoms with Gasteiger partial charge in [0.1, 0.15) is 6.10 Å². The summed E-state index contributed by atoms with van der Waals surface area (Å²) >= 11 is 0. The lowest BCUT2D eigenvalue weighted by Gasteiger charge is -2.15. The van der Waals surface area contributed by atoms with Gasteiger partial charge in [-0.2, -0.15) is 0 Å². The number of ether oxygens (including phenoxy) is 1. The van der Waals surface area contributed by atoms with Gasteiger partial charge in [-0.1, -0.05) is 12.7 Å². The maximum Gasteiger partial charge on any atom is 0.200 e. The van der Waals surface area contributed by atoms with Crippen molar-refractivity contribution >= 4 is 0 Å². The molecule has 0 radical (unpaired) electrons. The third kappa shape index (κ3) is 2.94. The Labute approximate surface area is 107 Å². The molecule has 0 N–H and O–H groups in total. The molecule has 0 saturated heterocycles. The van der Waals surface area contributed by atoms with E-state index in [1.54, 1.807) is 6.92 Å². The van der Waals surface area contributed by atoms with Gasteiger partial charge in [-0.25, -0.2) is 22.0 Å². The Morgan fingerprint density at radius 3 is 1.84 bits per heavy atom. The number of halogens is 5. The Morgan fingerprint density at radius 2 is 1.42 bits per heavy atom. The highest BCUT2D eigenvalue weighted by molar-refractivity contribution is 5.26. The molecule has 1 rings (SSSR count). The van der Waals surface area contributed by atoms with Gasteiger partial charge in [0.15, 0.2) is 23.3 Å². The lowest BCUT2D eigenvalue weighted by molar-refractivity contribution is 0.150. The van der Waals surface area contributed by atoms with Crippen LogP contribution in [0.25, 0.3) is 0 Å². The molecule has 0 saturated carbocycles. The van der Waals surface area contributed by atoms with E-state index in [0.29, 0.717) is 5.57 Å². The highest BCUT2D eigenvalue weighted by atomic mass is 19.2. The van der Waals surface area contributed by atoms with Crippen LogP contribution >= 0.6 is 0 Å². The summed E-state index contributed by atoms with van der Waals surface area (Å²) < 4.78 is 70.6. The molecule has 1 nitrogen and oxygen atoms in total. The SMILES string of the molecule is C=C/C(C)=C/O[C@@H](C)c1c(F)c(F)c(F)c(F)c1F. The molecule has 0 bridgehead atoms. The molecule has 19 heavy (non-hydrogen) atoms. The average molecular weight is 278 g/mol. The summed E-state index contributed by atoms with van der Waals surface area (Å²) in [6, 6.07) is 0. The van der Waals surface area contributed by atoms with Gasteiger partial charge in [-0.15, -0.1) is 0 Å². The van der Waals surface area contributed by atoms with Gasteiger partial charge in [0, 0.05) is 0 Å². The fraction of sp³-hybridized carbons (Fsp3) is 0.231. The Bertz CT molecular complexity index is 507. The molecular weight excluding hydrogens is 267 g/mol. The van der Waals surface area contributed by atoms with Crippen molar-refractivity contribution in [2.75, 3.05) is 0 Å². The van der Waals surface area contributed by atoms with Crippen molar-refractivity contribution in [2.45, 2.75) is 20.0 Å². The Kier molecular flexibility index (Phi) is 4.69. The number of rotatable bonds is 4. The van der Waals surface area contributed by atoms with Gasteiger partial charge in [-0.3, -0.25) is 0 Å². The average Bonchev–Trinajstić information content (AvgIpc) is 2.40. The van der Waals surface area contributed by atoms with E-state index in [-0.39, 0.29) is 0 Å². The summed E-state index contributed by atoms with van der Waals surface area (Å²) in [6.07, 6.45) is 1.19. The molecule has 0 spiro atoms. The van der Waals surface area contributed by atoms with E-state index in [9.17, 15) is 22.0 Å². The molecule has 1 aromatic rings. The molecule has 0 heterocycles. The molecule has 0 aliphatic carbocycles. The van der Waals surface area contributed by atoms with E-state index in [1.807, 2.05) is 0 Å². The van der Waals surface area contributed by atoms with Crippen molar-refractivity contribution in [3.05, 3.63) is 59.1 Å². The summed E-state index contributed by atoms with van der Waals surface area (Å²) in [5.41, 5.74) is -0.472. The summed E-state index contributed by atoms with van der Waals surface area (Å²) in [6.45, 7) is 6.19. The van der Waals surface area contributed by atoms with Crippen LogP contribution in [0.5, 0.6) is 0 Å². The van der Waals surface area contributed by atoms with E-state index in [4.69, 9.17) is 4.74 Å². The molecule has 0 amide bonds. The first-order valence-corrected chi connectivity index (χ1v) is 5.27. The van der Waals surface area contributed by atoms with Crippen LogP contribution in [-0.4, -0.2) is 0 Å². The third-order valence-corrected chi connectivity index (χ3v) is 2.43. The second kappa shape index (κ2) is 5.86. The van der Waals surface area contributed by atoms with Crippen molar-refractivity contribution in [3.63, 3.8) is 0 Å². The van der Waals surface area contributed by atoms with Gasteiger partial charge in [0.05, 0.1) is 11.8 Å². The van der Waals surface area contributed by atoms with Crippen molar-refractivity contribution < 1.29 is 26.7 Å². The molecule has 1 atom stereocenters. The third-order valence-electron chi connectivity index (χ3n) is 2.43. The zero-order valence-corrected chi connectivity index (χ0v) is 10.2.